The number of hydrogen-bond donors (Lipinski definition) is 1. The molecule has 2 aromatic carbocycles. The van der Waals surface area contributed by atoms with E-state index in [4.69, 9.17) is 13.9 Å². The van der Waals surface area contributed by atoms with Gasteiger partial charge in [-0.1, -0.05) is 23.9 Å². The van der Waals surface area contributed by atoms with Crippen molar-refractivity contribution in [3.8, 4) is 17.1 Å². The molecule has 0 spiro atoms. The van der Waals surface area contributed by atoms with Crippen LogP contribution in [0.2, 0.25) is 0 Å². The standard InChI is InChI=1S/C25H23N3O5S2/c1-3-31-18-9-11-20-22(13-18)35-25(27-20)34-15-23(29)28-26-14-19-10-12-21(33-19)16-5-7-17(8-6-16)24(30)32-4-2/h5-14H,3-4,15H2,1-2H3,(H,28,29)/b26-14+. The second-order valence-corrected chi connectivity index (χ2v) is 9.38. The average Bonchev–Trinajstić information content (AvgIpc) is 3.50. The quantitative estimate of drug-likeness (QED) is 0.133. The Hall–Kier alpha value is -3.63. The number of rotatable bonds is 10. The van der Waals surface area contributed by atoms with Crippen LogP contribution in [0, 0.1) is 0 Å². The molecule has 8 nitrogen and oxygen atoms in total. The Kier molecular flexibility index (Phi) is 8.17. The third-order valence-corrected chi connectivity index (χ3v) is 6.83. The summed E-state index contributed by atoms with van der Waals surface area (Å²) in [4.78, 5) is 28.5. The van der Waals surface area contributed by atoms with Gasteiger partial charge in [0.15, 0.2) is 4.34 Å². The Morgan fingerprint density at radius 2 is 1.94 bits per heavy atom. The van der Waals surface area contributed by atoms with Crippen molar-refractivity contribution in [1.82, 2.24) is 10.4 Å². The largest absolute Gasteiger partial charge is 0.494 e. The Labute approximate surface area is 210 Å². The molecule has 180 valence electrons. The number of amides is 1. The fourth-order valence-corrected chi connectivity index (χ4v) is 4.98. The van der Waals surface area contributed by atoms with Crippen LogP contribution in [-0.4, -0.2) is 42.0 Å². The van der Waals surface area contributed by atoms with Crippen molar-refractivity contribution in [3.63, 3.8) is 0 Å². The summed E-state index contributed by atoms with van der Waals surface area (Å²) in [6, 6.07) is 16.2. The first-order valence-electron chi connectivity index (χ1n) is 10.9. The van der Waals surface area contributed by atoms with E-state index in [1.54, 1.807) is 43.3 Å². The first-order valence-corrected chi connectivity index (χ1v) is 12.7. The topological polar surface area (TPSA) is 103 Å². The summed E-state index contributed by atoms with van der Waals surface area (Å²) in [6.07, 6.45) is 1.44. The number of thiazole rings is 1. The lowest BCUT2D eigenvalue weighted by Crippen LogP contribution is -2.19. The van der Waals surface area contributed by atoms with Crippen LogP contribution < -0.4 is 10.2 Å². The highest BCUT2D eigenvalue weighted by Crippen LogP contribution is 2.31. The molecule has 0 bridgehead atoms. The smallest absolute Gasteiger partial charge is 0.338 e. The third-order valence-electron chi connectivity index (χ3n) is 4.67. The van der Waals surface area contributed by atoms with Crippen molar-refractivity contribution in [2.75, 3.05) is 19.0 Å². The normalized spacial score (nSPS) is 11.1. The molecule has 0 fully saturated rings. The summed E-state index contributed by atoms with van der Waals surface area (Å²) >= 11 is 2.87. The van der Waals surface area contributed by atoms with Gasteiger partial charge in [-0.05, 0) is 56.3 Å². The molecule has 10 heteroatoms. The molecule has 1 N–H and O–H groups in total. The molecule has 0 aliphatic rings. The summed E-state index contributed by atoms with van der Waals surface area (Å²) < 4.78 is 18.1. The van der Waals surface area contributed by atoms with Crippen molar-refractivity contribution in [1.29, 1.82) is 0 Å². The van der Waals surface area contributed by atoms with Crippen molar-refractivity contribution < 1.29 is 23.5 Å². The highest BCUT2D eigenvalue weighted by molar-refractivity contribution is 8.01. The lowest BCUT2D eigenvalue weighted by Gasteiger charge is -2.02. The number of hydrogen-bond acceptors (Lipinski definition) is 9. The minimum Gasteiger partial charge on any atom is -0.494 e. The van der Waals surface area contributed by atoms with Crippen LogP contribution in [-0.2, 0) is 9.53 Å². The number of aromatic nitrogens is 1. The number of fused-ring (bicyclic) bond motifs is 1. The van der Waals surface area contributed by atoms with Crippen LogP contribution in [0.5, 0.6) is 5.75 Å². The fourth-order valence-electron chi connectivity index (χ4n) is 3.09. The highest BCUT2D eigenvalue weighted by atomic mass is 32.2. The van der Waals surface area contributed by atoms with E-state index in [1.807, 2.05) is 25.1 Å². The molecule has 2 aromatic heterocycles. The third kappa shape index (κ3) is 6.49. The molecule has 0 atom stereocenters. The molecular formula is C25H23N3O5S2. The number of furan rings is 1. The molecule has 4 rings (SSSR count). The number of ether oxygens (including phenoxy) is 2. The first-order chi connectivity index (χ1) is 17.1. The van der Waals surface area contributed by atoms with Gasteiger partial charge in [0.1, 0.15) is 17.3 Å². The SMILES string of the molecule is CCOC(=O)c1ccc(-c2ccc(/C=N/NC(=O)CSc3nc4ccc(OCC)cc4s3)o2)cc1. The molecule has 0 radical (unpaired) electrons. The van der Waals surface area contributed by atoms with Crippen LogP contribution in [0.4, 0.5) is 0 Å². The second-order valence-electron chi connectivity index (χ2n) is 7.12. The summed E-state index contributed by atoms with van der Waals surface area (Å²) in [5, 5.41) is 3.97. The van der Waals surface area contributed by atoms with E-state index in [0.29, 0.717) is 30.3 Å². The van der Waals surface area contributed by atoms with Crippen molar-refractivity contribution in [2.24, 2.45) is 5.10 Å². The van der Waals surface area contributed by atoms with Crippen LogP contribution in [0.15, 0.2) is 68.5 Å². The maximum absolute atomic E-state index is 12.2. The summed E-state index contributed by atoms with van der Waals surface area (Å²) in [7, 11) is 0. The second kappa shape index (κ2) is 11.7. The van der Waals surface area contributed by atoms with Crippen molar-refractivity contribution in [3.05, 3.63) is 65.9 Å². The zero-order valence-corrected chi connectivity index (χ0v) is 20.8. The van der Waals surface area contributed by atoms with Gasteiger partial charge in [-0.2, -0.15) is 5.10 Å². The molecule has 0 unspecified atom stereocenters. The van der Waals surface area contributed by atoms with Gasteiger partial charge in [-0.25, -0.2) is 15.2 Å². The molecule has 2 heterocycles. The van der Waals surface area contributed by atoms with Gasteiger partial charge in [0.05, 0.1) is 41.0 Å². The number of thioether (sulfide) groups is 1. The Morgan fingerprint density at radius 1 is 1.11 bits per heavy atom. The lowest BCUT2D eigenvalue weighted by molar-refractivity contribution is -0.118. The van der Waals surface area contributed by atoms with E-state index < -0.39 is 0 Å². The Bertz CT molecular complexity index is 1340. The first kappa shape index (κ1) is 24.5. The minimum atomic E-state index is -0.362. The van der Waals surface area contributed by atoms with E-state index in [-0.39, 0.29) is 17.6 Å². The van der Waals surface area contributed by atoms with E-state index in [0.717, 1.165) is 25.9 Å². The molecule has 1 amide bonds. The zero-order valence-electron chi connectivity index (χ0n) is 19.1. The molecule has 35 heavy (non-hydrogen) atoms. The highest BCUT2D eigenvalue weighted by Gasteiger charge is 2.10. The number of carbonyl (C=O) groups excluding carboxylic acids is 2. The van der Waals surface area contributed by atoms with Gasteiger partial charge in [-0.15, -0.1) is 11.3 Å². The molecule has 0 aliphatic carbocycles. The van der Waals surface area contributed by atoms with Gasteiger partial charge >= 0.3 is 5.97 Å². The van der Waals surface area contributed by atoms with Crippen LogP contribution in [0.1, 0.15) is 30.0 Å². The predicted molar refractivity (Wildman–Crippen MR) is 137 cm³/mol. The minimum absolute atomic E-state index is 0.186. The number of nitrogens with one attached hydrogen (secondary N) is 1. The number of hydrazone groups is 1. The predicted octanol–water partition coefficient (Wildman–Crippen LogP) is 5.37. The average molecular weight is 510 g/mol. The maximum atomic E-state index is 12.2. The molecule has 0 saturated heterocycles. The van der Waals surface area contributed by atoms with Crippen LogP contribution >= 0.6 is 23.1 Å². The lowest BCUT2D eigenvalue weighted by atomic mass is 10.1. The van der Waals surface area contributed by atoms with Gasteiger partial charge in [0.2, 0.25) is 0 Å². The zero-order chi connectivity index (χ0) is 24.6. The molecule has 0 saturated carbocycles. The van der Waals surface area contributed by atoms with Gasteiger partial charge in [0.25, 0.3) is 5.91 Å². The van der Waals surface area contributed by atoms with E-state index in [9.17, 15) is 9.59 Å². The molecule has 0 aliphatic heterocycles. The summed E-state index contributed by atoms with van der Waals surface area (Å²) in [5.74, 6) is 1.49. The molecular weight excluding hydrogens is 486 g/mol. The monoisotopic (exact) mass is 509 g/mol. The number of carbonyl (C=O) groups is 2. The molecule has 4 aromatic rings. The summed E-state index contributed by atoms with van der Waals surface area (Å²) in [5.41, 5.74) is 4.66. The van der Waals surface area contributed by atoms with E-state index in [2.05, 4.69) is 15.5 Å². The van der Waals surface area contributed by atoms with Crippen molar-refractivity contribution in [2.45, 2.75) is 18.2 Å². The number of esters is 1. The van der Waals surface area contributed by atoms with Gasteiger partial charge in [-0.3, -0.25) is 4.79 Å². The van der Waals surface area contributed by atoms with Crippen LogP contribution in [0.3, 0.4) is 0 Å². The van der Waals surface area contributed by atoms with E-state index >= 15 is 0 Å². The maximum Gasteiger partial charge on any atom is 0.338 e. The Balaban J connectivity index is 1.28. The number of benzene rings is 2. The Morgan fingerprint density at radius 3 is 2.71 bits per heavy atom. The van der Waals surface area contributed by atoms with E-state index in [1.165, 1.54) is 29.3 Å². The fraction of sp³-hybridized carbons (Fsp3) is 0.200. The van der Waals surface area contributed by atoms with Crippen molar-refractivity contribution >= 4 is 51.4 Å². The van der Waals surface area contributed by atoms with Crippen LogP contribution in [0.25, 0.3) is 21.5 Å². The van der Waals surface area contributed by atoms with Gasteiger partial charge < -0.3 is 13.9 Å². The summed E-state index contributed by atoms with van der Waals surface area (Å²) in [6.45, 7) is 4.64. The number of nitrogens with zero attached hydrogens (tertiary/aromatic N) is 2. The van der Waals surface area contributed by atoms with Gasteiger partial charge in [0, 0.05) is 5.56 Å².